The molecule has 0 aliphatic heterocycles. The lowest BCUT2D eigenvalue weighted by atomic mass is 9.93. The van der Waals surface area contributed by atoms with Crippen LogP contribution in [0, 0.1) is 11.7 Å². The lowest BCUT2D eigenvalue weighted by Gasteiger charge is -2.18. The van der Waals surface area contributed by atoms with Gasteiger partial charge in [-0.05, 0) is 30.5 Å². The number of benzene rings is 1. The normalized spacial score (nSPS) is 28.1. The molecule has 16 heavy (non-hydrogen) atoms. The summed E-state index contributed by atoms with van der Waals surface area (Å²) in [6.07, 6.45) is 1.04. The van der Waals surface area contributed by atoms with Crippen molar-refractivity contribution in [1.29, 1.82) is 0 Å². The van der Waals surface area contributed by atoms with Crippen LogP contribution in [0.2, 0.25) is 5.02 Å². The average Bonchev–Trinajstić information content (AvgIpc) is 2.92. The second-order valence-electron chi connectivity index (χ2n) is 4.64. The summed E-state index contributed by atoms with van der Waals surface area (Å²) in [7, 11) is 0. The molecule has 1 aliphatic carbocycles. The Morgan fingerprint density at radius 2 is 2.25 bits per heavy atom. The van der Waals surface area contributed by atoms with E-state index >= 15 is 0 Å². The maximum Gasteiger partial charge on any atom is 0.145 e. The average molecular weight is 242 g/mol. The van der Waals surface area contributed by atoms with Gasteiger partial charge in [0.15, 0.2) is 0 Å². The van der Waals surface area contributed by atoms with Crippen LogP contribution in [0.15, 0.2) is 18.2 Å². The van der Waals surface area contributed by atoms with Crippen LogP contribution in [-0.2, 0) is 5.41 Å². The van der Waals surface area contributed by atoms with Crippen molar-refractivity contribution < 1.29 is 4.39 Å². The molecule has 0 bridgehead atoms. The monoisotopic (exact) mass is 241 g/mol. The summed E-state index contributed by atoms with van der Waals surface area (Å²) >= 11 is 5.83. The van der Waals surface area contributed by atoms with E-state index < -0.39 is 0 Å². The molecule has 0 radical (unpaired) electrons. The Balaban J connectivity index is 2.31. The Labute approximate surface area is 101 Å². The van der Waals surface area contributed by atoms with Gasteiger partial charge in [-0.3, -0.25) is 0 Å². The van der Waals surface area contributed by atoms with Gasteiger partial charge in [-0.1, -0.05) is 37.6 Å². The van der Waals surface area contributed by atoms with Crippen LogP contribution >= 0.6 is 11.6 Å². The molecule has 1 nitrogen and oxygen atoms in total. The molecule has 1 fully saturated rings. The number of halogens is 2. The highest BCUT2D eigenvalue weighted by molar-refractivity contribution is 6.30. The molecule has 1 aromatic rings. The summed E-state index contributed by atoms with van der Waals surface area (Å²) in [5, 5.41) is 3.55. The molecule has 0 saturated heterocycles. The van der Waals surface area contributed by atoms with Crippen molar-refractivity contribution in [3.05, 3.63) is 34.6 Å². The van der Waals surface area contributed by atoms with E-state index in [1.807, 2.05) is 12.1 Å². The number of nitrogens with one attached hydrogen (secondary N) is 1. The van der Waals surface area contributed by atoms with Crippen molar-refractivity contribution in [2.24, 2.45) is 5.92 Å². The summed E-state index contributed by atoms with van der Waals surface area (Å²) in [6, 6.07) is 5.30. The number of likely N-dealkylation sites (N-methyl/N-ethyl adjacent to an activating group) is 1. The molecule has 1 N–H and O–H groups in total. The lowest BCUT2D eigenvalue weighted by molar-refractivity contribution is 0.515. The van der Waals surface area contributed by atoms with Crippen LogP contribution in [0.4, 0.5) is 4.39 Å². The number of rotatable bonds is 4. The van der Waals surface area contributed by atoms with Crippen LogP contribution in [0.25, 0.3) is 0 Å². The first-order valence-corrected chi connectivity index (χ1v) is 6.15. The first-order chi connectivity index (χ1) is 7.62. The van der Waals surface area contributed by atoms with Crippen molar-refractivity contribution >= 4 is 11.6 Å². The van der Waals surface area contributed by atoms with Crippen molar-refractivity contribution in [2.75, 3.05) is 13.1 Å². The van der Waals surface area contributed by atoms with Gasteiger partial charge in [0.1, 0.15) is 5.82 Å². The summed E-state index contributed by atoms with van der Waals surface area (Å²) < 4.78 is 14.0. The third kappa shape index (κ3) is 1.85. The summed E-state index contributed by atoms with van der Waals surface area (Å²) in [5.41, 5.74) is 0.735. The van der Waals surface area contributed by atoms with Gasteiger partial charge >= 0.3 is 0 Å². The van der Waals surface area contributed by atoms with Crippen molar-refractivity contribution in [3.8, 4) is 0 Å². The largest absolute Gasteiger partial charge is 0.316 e. The van der Waals surface area contributed by atoms with Gasteiger partial charge < -0.3 is 5.32 Å². The second kappa shape index (κ2) is 4.34. The fraction of sp³-hybridized carbons (Fsp3) is 0.538. The maximum atomic E-state index is 14.0. The zero-order valence-electron chi connectivity index (χ0n) is 9.69. The molecule has 3 heteroatoms. The molecule has 2 unspecified atom stereocenters. The van der Waals surface area contributed by atoms with Crippen molar-refractivity contribution in [3.63, 3.8) is 0 Å². The van der Waals surface area contributed by atoms with Crippen LogP contribution < -0.4 is 5.32 Å². The smallest absolute Gasteiger partial charge is 0.145 e. The second-order valence-corrected chi connectivity index (χ2v) is 5.05. The molecule has 2 atom stereocenters. The molecule has 0 heterocycles. The van der Waals surface area contributed by atoms with E-state index in [0.29, 0.717) is 5.92 Å². The van der Waals surface area contributed by atoms with Gasteiger partial charge in [0.25, 0.3) is 0 Å². The summed E-state index contributed by atoms with van der Waals surface area (Å²) in [5.74, 6) is 0.283. The fourth-order valence-corrected chi connectivity index (χ4v) is 2.62. The number of hydrogen-bond acceptors (Lipinski definition) is 1. The van der Waals surface area contributed by atoms with Crippen LogP contribution in [0.3, 0.4) is 0 Å². The highest BCUT2D eigenvalue weighted by Crippen LogP contribution is 2.54. The van der Waals surface area contributed by atoms with Crippen LogP contribution in [-0.4, -0.2) is 13.1 Å². The van der Waals surface area contributed by atoms with Gasteiger partial charge in [0, 0.05) is 12.0 Å². The standard InChI is InChI=1S/C13H17ClFN/c1-3-16-8-13(7-9(13)2)10-5-4-6-11(14)12(10)15/h4-6,9,16H,3,7-8H2,1-2H3. The Hall–Kier alpha value is -0.600. The third-order valence-electron chi connectivity index (χ3n) is 3.63. The Morgan fingerprint density at radius 3 is 2.81 bits per heavy atom. The van der Waals surface area contributed by atoms with E-state index in [9.17, 15) is 4.39 Å². The molecule has 0 aromatic heterocycles. The Morgan fingerprint density at radius 1 is 1.56 bits per heavy atom. The first-order valence-electron chi connectivity index (χ1n) is 5.77. The van der Waals surface area contributed by atoms with E-state index in [-0.39, 0.29) is 16.3 Å². The summed E-state index contributed by atoms with van der Waals surface area (Å²) in [6.45, 7) is 5.98. The third-order valence-corrected chi connectivity index (χ3v) is 3.92. The lowest BCUT2D eigenvalue weighted by Crippen LogP contribution is -2.29. The van der Waals surface area contributed by atoms with Gasteiger partial charge in [0.2, 0.25) is 0 Å². The molecular weight excluding hydrogens is 225 g/mol. The predicted molar refractivity (Wildman–Crippen MR) is 65.4 cm³/mol. The SMILES string of the molecule is CCNCC1(c2cccc(Cl)c2F)CC1C. The molecule has 1 aromatic carbocycles. The molecule has 0 amide bonds. The van der Waals surface area contributed by atoms with E-state index in [0.717, 1.165) is 25.1 Å². The van der Waals surface area contributed by atoms with E-state index in [1.165, 1.54) is 0 Å². The maximum absolute atomic E-state index is 14.0. The molecule has 0 spiro atoms. The Kier molecular flexibility index (Phi) is 3.22. The van der Waals surface area contributed by atoms with Crippen LogP contribution in [0.1, 0.15) is 25.8 Å². The predicted octanol–water partition coefficient (Wildman–Crippen LogP) is 3.37. The van der Waals surface area contributed by atoms with Crippen molar-refractivity contribution in [2.45, 2.75) is 25.7 Å². The van der Waals surface area contributed by atoms with E-state index in [4.69, 9.17) is 11.6 Å². The fourth-order valence-electron chi connectivity index (χ4n) is 2.44. The minimum Gasteiger partial charge on any atom is -0.316 e. The van der Waals surface area contributed by atoms with E-state index in [1.54, 1.807) is 6.07 Å². The van der Waals surface area contributed by atoms with Gasteiger partial charge in [0.05, 0.1) is 5.02 Å². The zero-order valence-corrected chi connectivity index (χ0v) is 10.4. The zero-order chi connectivity index (χ0) is 11.8. The first kappa shape index (κ1) is 11.9. The quantitative estimate of drug-likeness (QED) is 0.852. The number of hydrogen-bond donors (Lipinski definition) is 1. The Bertz CT molecular complexity index is 394. The topological polar surface area (TPSA) is 12.0 Å². The van der Waals surface area contributed by atoms with E-state index in [2.05, 4.69) is 19.2 Å². The highest BCUT2D eigenvalue weighted by Gasteiger charge is 2.53. The van der Waals surface area contributed by atoms with Gasteiger partial charge in [-0.15, -0.1) is 0 Å². The molecule has 2 rings (SSSR count). The van der Waals surface area contributed by atoms with Gasteiger partial charge in [-0.25, -0.2) is 4.39 Å². The summed E-state index contributed by atoms with van der Waals surface area (Å²) in [4.78, 5) is 0. The molecule has 1 aliphatic rings. The molecule has 1 saturated carbocycles. The minimum atomic E-state index is -0.244. The van der Waals surface area contributed by atoms with Gasteiger partial charge in [-0.2, -0.15) is 0 Å². The van der Waals surface area contributed by atoms with Crippen LogP contribution in [0.5, 0.6) is 0 Å². The molecular formula is C13H17ClFN. The highest BCUT2D eigenvalue weighted by atomic mass is 35.5. The minimum absolute atomic E-state index is 0.0367. The van der Waals surface area contributed by atoms with Crippen molar-refractivity contribution in [1.82, 2.24) is 5.32 Å². The molecule has 88 valence electrons.